The molecule has 186 valence electrons. The molecule has 0 aliphatic carbocycles. The Labute approximate surface area is 211 Å². The van der Waals surface area contributed by atoms with Crippen molar-refractivity contribution in [1.29, 1.82) is 0 Å². The molecule has 3 aromatic carbocycles. The molecule has 0 radical (unpaired) electrons. The Kier molecular flexibility index (Phi) is 7.97. The van der Waals surface area contributed by atoms with Crippen LogP contribution < -0.4 is 9.64 Å². The van der Waals surface area contributed by atoms with E-state index in [2.05, 4.69) is 9.80 Å². The fourth-order valence-corrected chi connectivity index (χ4v) is 4.93. The Morgan fingerprint density at radius 1 is 1.06 bits per heavy atom. The van der Waals surface area contributed by atoms with Crippen LogP contribution >= 0.6 is 11.6 Å². The van der Waals surface area contributed by atoms with Crippen LogP contribution in [0.1, 0.15) is 29.7 Å². The summed E-state index contributed by atoms with van der Waals surface area (Å²) in [5.41, 5.74) is 2.86. The van der Waals surface area contributed by atoms with Gasteiger partial charge in [-0.2, -0.15) is 0 Å². The highest BCUT2D eigenvalue weighted by atomic mass is 35.5. The van der Waals surface area contributed by atoms with Crippen LogP contribution in [0.5, 0.6) is 5.75 Å². The molecule has 35 heavy (non-hydrogen) atoms. The number of hydrogen-bond acceptors (Lipinski definition) is 5. The van der Waals surface area contributed by atoms with E-state index in [9.17, 15) is 9.50 Å². The molecule has 1 heterocycles. The van der Waals surface area contributed by atoms with Crippen LogP contribution in [0.15, 0.2) is 66.7 Å². The third-order valence-corrected chi connectivity index (χ3v) is 6.82. The molecule has 0 amide bonds. The van der Waals surface area contributed by atoms with Crippen molar-refractivity contribution in [2.24, 2.45) is 0 Å². The zero-order chi connectivity index (χ0) is 25.0. The van der Waals surface area contributed by atoms with Crippen LogP contribution in [0.3, 0.4) is 0 Å². The van der Waals surface area contributed by atoms with Gasteiger partial charge in [-0.25, -0.2) is 4.39 Å². The van der Waals surface area contributed by atoms with E-state index >= 15 is 0 Å². The molecule has 3 aromatic rings. The molecule has 4 rings (SSSR count). The number of benzene rings is 3. The number of anilines is 1. The molecule has 2 atom stereocenters. The lowest BCUT2D eigenvalue weighted by molar-refractivity contribution is 0.0103. The highest BCUT2D eigenvalue weighted by Gasteiger charge is 2.34. The Morgan fingerprint density at radius 3 is 2.43 bits per heavy atom. The zero-order valence-corrected chi connectivity index (χ0v) is 20.9. The number of nitrogens with zero attached hydrogens (tertiary/aromatic N) is 2. The van der Waals surface area contributed by atoms with Crippen molar-refractivity contribution in [3.8, 4) is 5.75 Å². The number of hydrogen-bond donors (Lipinski definition) is 2. The summed E-state index contributed by atoms with van der Waals surface area (Å²) in [6.45, 7) is 6.55. The number of ether oxygens (including phenoxy) is 1. The van der Waals surface area contributed by atoms with Crippen molar-refractivity contribution in [1.82, 2.24) is 4.90 Å². The maximum absolute atomic E-state index is 13.7. The normalized spacial score (nSPS) is 18.3. The van der Waals surface area contributed by atoms with Crippen LogP contribution in [0, 0.1) is 12.7 Å². The molecular weight excluding hydrogens is 467 g/mol. The lowest BCUT2D eigenvalue weighted by atomic mass is 9.93. The largest absolute Gasteiger partial charge is 0.491 e. The zero-order valence-electron chi connectivity index (χ0n) is 20.1. The molecule has 2 N–H and O–H groups in total. The van der Waals surface area contributed by atoms with Crippen LogP contribution in [0.4, 0.5) is 10.1 Å². The number of aryl methyl sites for hydroxylation is 1. The highest BCUT2D eigenvalue weighted by molar-refractivity contribution is 6.33. The predicted octanol–water partition coefficient (Wildman–Crippen LogP) is 4.93. The average molecular weight is 499 g/mol. The number of β-amino-alcohol motifs (C(OH)–C–C–N with tert-alkyl or cyclic N) is 1. The van der Waals surface area contributed by atoms with Gasteiger partial charge in [0.15, 0.2) is 0 Å². The van der Waals surface area contributed by atoms with Crippen LogP contribution in [-0.2, 0) is 5.60 Å². The lowest BCUT2D eigenvalue weighted by Gasteiger charge is -2.45. The van der Waals surface area contributed by atoms with Crippen molar-refractivity contribution in [3.63, 3.8) is 0 Å². The minimum atomic E-state index is -1.01. The summed E-state index contributed by atoms with van der Waals surface area (Å²) in [6, 6.07) is 20.0. The Hall–Kier alpha value is -2.64. The second-order valence-corrected chi connectivity index (χ2v) is 9.73. The molecule has 1 fully saturated rings. The average Bonchev–Trinajstić information content (AvgIpc) is 2.83. The van der Waals surface area contributed by atoms with Gasteiger partial charge in [0, 0.05) is 32.2 Å². The molecule has 5 nitrogen and oxygen atoms in total. The molecule has 1 aliphatic rings. The number of piperazine rings is 1. The van der Waals surface area contributed by atoms with E-state index in [1.807, 2.05) is 50.2 Å². The minimum absolute atomic E-state index is 0.0691. The summed E-state index contributed by atoms with van der Waals surface area (Å²) in [4.78, 5) is 4.47. The second kappa shape index (κ2) is 11.0. The molecule has 1 saturated heterocycles. The molecule has 0 bridgehead atoms. The second-order valence-electron chi connectivity index (χ2n) is 9.32. The van der Waals surface area contributed by atoms with Crippen molar-refractivity contribution in [2.75, 3.05) is 44.3 Å². The van der Waals surface area contributed by atoms with Gasteiger partial charge in [-0.15, -0.1) is 0 Å². The van der Waals surface area contributed by atoms with Crippen LogP contribution in [0.25, 0.3) is 0 Å². The molecule has 0 saturated carbocycles. The van der Waals surface area contributed by atoms with E-state index in [4.69, 9.17) is 21.4 Å². The van der Waals surface area contributed by atoms with E-state index in [0.717, 1.165) is 28.9 Å². The van der Waals surface area contributed by atoms with Gasteiger partial charge < -0.3 is 19.8 Å². The van der Waals surface area contributed by atoms with Gasteiger partial charge in [-0.05, 0) is 49.2 Å². The summed E-state index contributed by atoms with van der Waals surface area (Å²) in [6.07, 6.45) is 0. The Morgan fingerprint density at radius 2 is 1.77 bits per heavy atom. The summed E-state index contributed by atoms with van der Waals surface area (Å²) < 4.78 is 19.2. The Bertz CT molecular complexity index is 1120. The number of halogens is 2. The third-order valence-electron chi connectivity index (χ3n) is 6.51. The van der Waals surface area contributed by atoms with E-state index in [0.29, 0.717) is 30.4 Å². The molecular formula is C28H32ClFN2O3. The Balaban J connectivity index is 1.58. The quantitative estimate of drug-likeness (QED) is 0.461. The fourth-order valence-electron chi connectivity index (χ4n) is 4.65. The fraction of sp³-hybridized carbons (Fsp3) is 0.357. The highest BCUT2D eigenvalue weighted by Crippen LogP contribution is 2.38. The number of aliphatic hydroxyl groups excluding tert-OH is 1. The maximum atomic E-state index is 13.7. The first-order valence-electron chi connectivity index (χ1n) is 11.8. The third kappa shape index (κ3) is 6.14. The van der Waals surface area contributed by atoms with E-state index < -0.39 is 5.60 Å². The molecule has 0 unspecified atom stereocenters. The molecule has 7 heteroatoms. The van der Waals surface area contributed by atoms with E-state index in [-0.39, 0.29) is 25.1 Å². The first-order valence-corrected chi connectivity index (χ1v) is 12.2. The van der Waals surface area contributed by atoms with E-state index in [1.54, 1.807) is 18.2 Å². The van der Waals surface area contributed by atoms with Crippen molar-refractivity contribution >= 4 is 17.3 Å². The van der Waals surface area contributed by atoms with Crippen molar-refractivity contribution < 1.29 is 19.3 Å². The van der Waals surface area contributed by atoms with Gasteiger partial charge >= 0.3 is 0 Å². The summed E-state index contributed by atoms with van der Waals surface area (Å²) in [5, 5.41) is 20.9. The van der Waals surface area contributed by atoms with Gasteiger partial charge in [0.2, 0.25) is 0 Å². The first-order chi connectivity index (χ1) is 16.8. The topological polar surface area (TPSA) is 56.2 Å². The van der Waals surface area contributed by atoms with Crippen molar-refractivity contribution in [2.45, 2.75) is 25.5 Å². The van der Waals surface area contributed by atoms with E-state index in [1.165, 1.54) is 12.1 Å². The van der Waals surface area contributed by atoms with Gasteiger partial charge in [0.25, 0.3) is 0 Å². The van der Waals surface area contributed by atoms with Crippen LogP contribution in [0.2, 0.25) is 5.02 Å². The standard InChI is InChI=1S/C28H32ClFN2O3/c1-20-3-7-22(8-4-20)28(2,34)19-31-13-14-32(27(18-31)21-5-9-23(30)10-6-21)26-12-11-24(17-25(26)29)35-16-15-33/h3-12,17,27,33-34H,13-16,18-19H2,1-2H3/t27-,28+/m0/s1. The maximum Gasteiger partial charge on any atom is 0.123 e. The minimum Gasteiger partial charge on any atom is -0.491 e. The first kappa shape index (κ1) is 25.5. The smallest absolute Gasteiger partial charge is 0.123 e. The van der Waals surface area contributed by atoms with Gasteiger partial charge in [0.1, 0.15) is 18.2 Å². The molecule has 0 spiro atoms. The predicted molar refractivity (Wildman–Crippen MR) is 138 cm³/mol. The number of rotatable bonds is 8. The summed E-state index contributed by atoms with van der Waals surface area (Å²) >= 11 is 6.66. The lowest BCUT2D eigenvalue weighted by Crippen LogP contribution is -2.52. The SMILES string of the molecule is Cc1ccc([C@](C)(O)CN2CCN(c3ccc(OCCO)cc3Cl)[C@H](c3ccc(F)cc3)C2)cc1. The number of aliphatic hydroxyl groups is 2. The summed E-state index contributed by atoms with van der Waals surface area (Å²) in [5.74, 6) is 0.317. The van der Waals surface area contributed by atoms with Crippen molar-refractivity contribution in [3.05, 3.63) is 94.3 Å². The summed E-state index contributed by atoms with van der Waals surface area (Å²) in [7, 11) is 0. The molecule has 0 aromatic heterocycles. The molecule has 1 aliphatic heterocycles. The van der Waals surface area contributed by atoms with Gasteiger partial charge in [0.05, 0.1) is 29.0 Å². The monoisotopic (exact) mass is 498 g/mol. The van der Waals surface area contributed by atoms with Crippen LogP contribution in [-0.4, -0.2) is 54.5 Å². The van der Waals surface area contributed by atoms with Gasteiger partial charge in [-0.1, -0.05) is 53.6 Å². The van der Waals surface area contributed by atoms with Gasteiger partial charge in [-0.3, -0.25) is 4.90 Å².